The van der Waals surface area contributed by atoms with E-state index in [1.807, 2.05) is 0 Å². The van der Waals surface area contributed by atoms with Crippen molar-refractivity contribution >= 4 is 23.1 Å². The van der Waals surface area contributed by atoms with E-state index < -0.39 is 11.2 Å². The van der Waals surface area contributed by atoms with E-state index in [2.05, 4.69) is 5.32 Å². The molecular formula is C21H29ClN4O5. The summed E-state index contributed by atoms with van der Waals surface area (Å²) in [6.45, 7) is 1.29. The van der Waals surface area contributed by atoms with Crippen LogP contribution in [0.25, 0.3) is 0 Å². The number of nitrogens with one attached hydrogen (secondary N) is 1. The molecule has 0 bridgehead atoms. The highest BCUT2D eigenvalue weighted by atomic mass is 35.5. The molecule has 10 heteroatoms. The number of hydroxylamine groups is 1. The Hall–Kier alpha value is -2.33. The molecule has 0 amide bonds. The average molecular weight is 453 g/mol. The van der Waals surface area contributed by atoms with Crippen LogP contribution < -0.4 is 21.6 Å². The number of rotatable bonds is 9. The molecule has 1 saturated heterocycles. The standard InChI is InChI=1S/C21H29ClN4O5/c1-23-19-18(26(29)14-15-7-9-16(22)10-8-15)20(27)25(21(28)24(19)2)11-5-13-31-17-6-3-4-12-30-17/h7-10,17,23,29H,3-6,11-14H2,1-2H3. The minimum atomic E-state index is -0.571. The molecule has 0 spiro atoms. The van der Waals surface area contributed by atoms with Gasteiger partial charge in [-0.1, -0.05) is 23.7 Å². The van der Waals surface area contributed by atoms with Gasteiger partial charge in [0.25, 0.3) is 5.56 Å². The molecule has 1 aromatic heterocycles. The van der Waals surface area contributed by atoms with E-state index in [-0.39, 0.29) is 30.9 Å². The third-order valence-corrected chi connectivity index (χ3v) is 5.49. The van der Waals surface area contributed by atoms with Gasteiger partial charge in [-0.3, -0.25) is 19.1 Å². The largest absolute Gasteiger partial charge is 0.372 e. The van der Waals surface area contributed by atoms with Gasteiger partial charge in [0.05, 0.1) is 13.2 Å². The minimum absolute atomic E-state index is 0.00363. The smallest absolute Gasteiger partial charge is 0.332 e. The van der Waals surface area contributed by atoms with E-state index in [0.717, 1.165) is 34.5 Å². The van der Waals surface area contributed by atoms with Crippen LogP contribution in [0.15, 0.2) is 33.9 Å². The van der Waals surface area contributed by atoms with Crippen LogP contribution in [0.1, 0.15) is 31.2 Å². The maximum absolute atomic E-state index is 13.1. The molecule has 2 aromatic rings. The van der Waals surface area contributed by atoms with Crippen molar-refractivity contribution in [1.82, 2.24) is 9.13 Å². The Morgan fingerprint density at radius 2 is 2.03 bits per heavy atom. The fourth-order valence-corrected chi connectivity index (χ4v) is 3.72. The molecule has 170 valence electrons. The molecule has 1 fully saturated rings. The second kappa shape index (κ2) is 10.8. The number of halogens is 1. The van der Waals surface area contributed by atoms with Gasteiger partial charge in [-0.05, 0) is 43.4 Å². The first-order valence-corrected chi connectivity index (χ1v) is 10.8. The number of hydrogen-bond acceptors (Lipinski definition) is 7. The van der Waals surface area contributed by atoms with Gasteiger partial charge in [-0.2, -0.15) is 0 Å². The summed E-state index contributed by atoms with van der Waals surface area (Å²) in [6.07, 6.45) is 3.21. The van der Waals surface area contributed by atoms with Crippen molar-refractivity contribution < 1.29 is 14.7 Å². The maximum Gasteiger partial charge on any atom is 0.332 e. The van der Waals surface area contributed by atoms with Crippen LogP contribution in [0.4, 0.5) is 11.5 Å². The lowest BCUT2D eigenvalue weighted by Crippen LogP contribution is -2.43. The second-order valence-corrected chi connectivity index (χ2v) is 7.89. The highest BCUT2D eigenvalue weighted by Gasteiger charge is 2.21. The van der Waals surface area contributed by atoms with Crippen LogP contribution in [-0.4, -0.2) is 40.9 Å². The Morgan fingerprint density at radius 1 is 1.29 bits per heavy atom. The van der Waals surface area contributed by atoms with Crippen molar-refractivity contribution in [3.8, 4) is 0 Å². The van der Waals surface area contributed by atoms with Gasteiger partial charge in [0.2, 0.25) is 0 Å². The van der Waals surface area contributed by atoms with E-state index in [4.69, 9.17) is 21.1 Å². The average Bonchev–Trinajstić information content (AvgIpc) is 2.77. The fraction of sp³-hybridized carbons (Fsp3) is 0.524. The molecule has 31 heavy (non-hydrogen) atoms. The highest BCUT2D eigenvalue weighted by Crippen LogP contribution is 2.21. The van der Waals surface area contributed by atoms with Gasteiger partial charge >= 0.3 is 5.69 Å². The molecule has 0 aliphatic carbocycles. The van der Waals surface area contributed by atoms with E-state index in [1.54, 1.807) is 38.4 Å². The molecule has 3 rings (SSSR count). The molecule has 2 N–H and O–H groups in total. The first-order valence-electron chi connectivity index (χ1n) is 10.4. The summed E-state index contributed by atoms with van der Waals surface area (Å²) in [5, 5.41) is 15.0. The second-order valence-electron chi connectivity index (χ2n) is 7.45. The number of hydrogen-bond donors (Lipinski definition) is 2. The molecule has 1 aliphatic rings. The normalized spacial score (nSPS) is 16.3. The van der Waals surface area contributed by atoms with E-state index >= 15 is 0 Å². The minimum Gasteiger partial charge on any atom is -0.372 e. The summed E-state index contributed by atoms with van der Waals surface area (Å²) >= 11 is 5.91. The zero-order chi connectivity index (χ0) is 22.4. The SMILES string of the molecule is CNc1c(N(O)Cc2ccc(Cl)cc2)c(=O)n(CCCOC2CCCCO2)c(=O)n1C. The van der Waals surface area contributed by atoms with Crippen molar-refractivity contribution in [3.63, 3.8) is 0 Å². The zero-order valence-electron chi connectivity index (χ0n) is 17.8. The Bertz CT molecular complexity index is 983. The first kappa shape index (κ1) is 23.3. The summed E-state index contributed by atoms with van der Waals surface area (Å²) in [5.41, 5.74) is -0.282. The van der Waals surface area contributed by atoms with Crippen molar-refractivity contribution in [2.24, 2.45) is 7.05 Å². The number of nitrogens with zero attached hydrogens (tertiary/aromatic N) is 3. The number of benzene rings is 1. The van der Waals surface area contributed by atoms with Gasteiger partial charge < -0.3 is 14.8 Å². The predicted molar refractivity (Wildman–Crippen MR) is 119 cm³/mol. The van der Waals surface area contributed by atoms with E-state index in [9.17, 15) is 14.8 Å². The molecule has 0 saturated carbocycles. The maximum atomic E-state index is 13.1. The number of anilines is 2. The van der Waals surface area contributed by atoms with Crippen LogP contribution in [0, 0.1) is 0 Å². The molecule has 9 nitrogen and oxygen atoms in total. The molecule has 1 unspecified atom stereocenters. The quantitative estimate of drug-likeness (QED) is 0.445. The molecule has 2 heterocycles. The summed E-state index contributed by atoms with van der Waals surface area (Å²) in [5.74, 6) is 0.231. The zero-order valence-corrected chi connectivity index (χ0v) is 18.6. The van der Waals surface area contributed by atoms with Gasteiger partial charge in [-0.15, -0.1) is 0 Å². The lowest BCUT2D eigenvalue weighted by atomic mass is 10.2. The Labute approximate surface area is 185 Å². The molecule has 1 aliphatic heterocycles. The molecule has 1 aromatic carbocycles. The summed E-state index contributed by atoms with van der Waals surface area (Å²) in [6, 6.07) is 6.93. The van der Waals surface area contributed by atoms with Crippen LogP contribution in [-0.2, 0) is 29.6 Å². The summed E-state index contributed by atoms with van der Waals surface area (Å²) in [4.78, 5) is 25.9. The van der Waals surface area contributed by atoms with Gasteiger partial charge in [-0.25, -0.2) is 9.86 Å². The first-order chi connectivity index (χ1) is 14.9. The van der Waals surface area contributed by atoms with E-state index in [0.29, 0.717) is 24.7 Å². The van der Waals surface area contributed by atoms with Crippen molar-refractivity contribution in [2.75, 3.05) is 30.6 Å². The topological polar surface area (TPSA) is 98.0 Å². The van der Waals surface area contributed by atoms with Crippen molar-refractivity contribution in [2.45, 2.75) is 45.1 Å². The Morgan fingerprint density at radius 3 is 2.68 bits per heavy atom. The third-order valence-electron chi connectivity index (χ3n) is 5.23. The van der Waals surface area contributed by atoms with Crippen molar-refractivity contribution in [3.05, 3.63) is 55.7 Å². The molecular weight excluding hydrogens is 424 g/mol. The molecule has 0 radical (unpaired) electrons. The van der Waals surface area contributed by atoms with Crippen LogP contribution in [0.3, 0.4) is 0 Å². The highest BCUT2D eigenvalue weighted by molar-refractivity contribution is 6.30. The Kier molecular flexibility index (Phi) is 8.14. The predicted octanol–water partition coefficient (Wildman–Crippen LogP) is 2.57. The van der Waals surface area contributed by atoms with Crippen molar-refractivity contribution in [1.29, 1.82) is 0 Å². The van der Waals surface area contributed by atoms with Gasteiger partial charge in [0.15, 0.2) is 12.0 Å². The molecule has 1 atom stereocenters. The van der Waals surface area contributed by atoms with Crippen LogP contribution in [0.5, 0.6) is 0 Å². The monoisotopic (exact) mass is 452 g/mol. The van der Waals surface area contributed by atoms with E-state index in [1.165, 1.54) is 4.57 Å². The van der Waals surface area contributed by atoms with Crippen LogP contribution >= 0.6 is 11.6 Å². The summed E-state index contributed by atoms with van der Waals surface area (Å²) < 4.78 is 13.7. The van der Waals surface area contributed by atoms with Gasteiger partial charge in [0.1, 0.15) is 5.82 Å². The lowest BCUT2D eigenvalue weighted by molar-refractivity contribution is -0.163. The number of aromatic nitrogens is 2. The van der Waals surface area contributed by atoms with Crippen LogP contribution in [0.2, 0.25) is 5.02 Å². The fourth-order valence-electron chi connectivity index (χ4n) is 3.59. The van der Waals surface area contributed by atoms with Gasteiger partial charge in [0, 0.05) is 32.3 Å². The lowest BCUT2D eigenvalue weighted by Gasteiger charge is -2.23. The number of ether oxygens (including phenoxy) is 2. The summed E-state index contributed by atoms with van der Waals surface area (Å²) in [7, 11) is 3.15. The Balaban J connectivity index is 1.78. The third kappa shape index (κ3) is 5.68.